The van der Waals surface area contributed by atoms with E-state index in [1.165, 1.54) is 24.0 Å². The van der Waals surface area contributed by atoms with Gasteiger partial charge in [0.25, 0.3) is 12.3 Å². The molecular formula is C31H45F3N2O2. The monoisotopic (exact) mass is 534 g/mol. The Morgan fingerprint density at radius 3 is 2.39 bits per heavy atom. The van der Waals surface area contributed by atoms with Gasteiger partial charge in [0.2, 0.25) is 0 Å². The largest absolute Gasteiger partial charge is 0.451 e. The summed E-state index contributed by atoms with van der Waals surface area (Å²) in [5.74, 6) is -0.648. The standard InChI is InChI=1S/C31H45F3N2O2/c1-9-13-25(14-15-26(32)12-4)28(22(6)11-3)38-29(24(8)30(33)34)31(37)36-19-17-23(7)27(20-36)35-18-16-21(5)10-2/h12-15,18,21,30H,9-11,16-17,19-20H2,1-8H3/b15-14-,25-13+,26-12+,28-22?,29-24+,35-18?. The molecule has 0 aromatic carbocycles. The molecule has 1 unspecified atom stereocenters. The van der Waals surface area contributed by atoms with Gasteiger partial charge in [0.1, 0.15) is 11.6 Å². The third-order valence-corrected chi connectivity index (χ3v) is 6.71. The Balaban J connectivity index is 3.44. The van der Waals surface area contributed by atoms with E-state index in [9.17, 15) is 18.0 Å². The van der Waals surface area contributed by atoms with E-state index in [2.05, 4.69) is 18.8 Å². The van der Waals surface area contributed by atoms with Crippen LogP contribution in [0, 0.1) is 5.92 Å². The SMILES string of the molecule is C\C=C(F)/C=C\C(=C/CC)C(O/C(C(=O)N1CCC(C)=C(N=CCC(C)CC)C1)=C(\C)C(F)F)=C(C)CC. The molecule has 1 aliphatic rings. The number of amides is 1. The molecule has 0 bridgehead atoms. The summed E-state index contributed by atoms with van der Waals surface area (Å²) >= 11 is 0. The second kappa shape index (κ2) is 16.9. The minimum absolute atomic E-state index is 0.223. The maximum atomic E-state index is 14.0. The summed E-state index contributed by atoms with van der Waals surface area (Å²) in [5.41, 5.74) is 2.70. The second-order valence-corrected chi connectivity index (χ2v) is 9.72. The lowest BCUT2D eigenvalue weighted by Gasteiger charge is -2.30. The molecule has 38 heavy (non-hydrogen) atoms. The molecular weight excluding hydrogens is 489 g/mol. The van der Waals surface area contributed by atoms with Crippen molar-refractivity contribution in [3.63, 3.8) is 0 Å². The highest BCUT2D eigenvalue weighted by Gasteiger charge is 2.30. The van der Waals surface area contributed by atoms with Crippen LogP contribution in [0.1, 0.15) is 87.5 Å². The van der Waals surface area contributed by atoms with Crippen LogP contribution in [0.25, 0.3) is 0 Å². The summed E-state index contributed by atoms with van der Waals surface area (Å²) in [6.07, 6.45) is 8.64. The van der Waals surface area contributed by atoms with Crippen LogP contribution >= 0.6 is 0 Å². The number of ether oxygens (including phenoxy) is 1. The van der Waals surface area contributed by atoms with E-state index < -0.39 is 29.5 Å². The molecule has 1 rings (SSSR count). The Hall–Kier alpha value is -2.83. The van der Waals surface area contributed by atoms with Crippen molar-refractivity contribution in [3.8, 4) is 0 Å². The van der Waals surface area contributed by atoms with Gasteiger partial charge >= 0.3 is 0 Å². The summed E-state index contributed by atoms with van der Waals surface area (Å²) < 4.78 is 47.9. The highest BCUT2D eigenvalue weighted by Crippen LogP contribution is 2.29. The van der Waals surface area contributed by atoms with Gasteiger partial charge in [-0.25, -0.2) is 13.2 Å². The minimum Gasteiger partial charge on any atom is -0.451 e. The molecule has 0 radical (unpaired) electrons. The lowest BCUT2D eigenvalue weighted by molar-refractivity contribution is -0.130. The molecule has 0 aromatic rings. The van der Waals surface area contributed by atoms with Crippen molar-refractivity contribution in [2.75, 3.05) is 13.1 Å². The number of alkyl halides is 2. The fourth-order valence-corrected chi connectivity index (χ4v) is 3.59. The molecule has 1 heterocycles. The summed E-state index contributed by atoms with van der Waals surface area (Å²) in [6.45, 7) is 15.3. The maximum Gasteiger partial charge on any atom is 0.290 e. The van der Waals surface area contributed by atoms with E-state index in [1.54, 1.807) is 13.0 Å². The van der Waals surface area contributed by atoms with Crippen LogP contribution < -0.4 is 0 Å². The first-order valence-electron chi connectivity index (χ1n) is 13.6. The number of aliphatic imine (C=N–C) groups is 1. The molecule has 1 aliphatic heterocycles. The van der Waals surface area contributed by atoms with E-state index in [0.29, 0.717) is 37.3 Å². The van der Waals surface area contributed by atoms with Crippen molar-refractivity contribution in [3.05, 3.63) is 69.6 Å². The van der Waals surface area contributed by atoms with Crippen LogP contribution in [0.5, 0.6) is 0 Å². The fraction of sp³-hybridized carbons (Fsp3) is 0.548. The normalized spacial score (nSPS) is 17.9. The van der Waals surface area contributed by atoms with Crippen LogP contribution in [0.3, 0.4) is 0 Å². The van der Waals surface area contributed by atoms with E-state index in [-0.39, 0.29) is 12.3 Å². The van der Waals surface area contributed by atoms with Gasteiger partial charge in [0, 0.05) is 23.9 Å². The highest BCUT2D eigenvalue weighted by atomic mass is 19.3. The molecule has 0 aromatic heterocycles. The van der Waals surface area contributed by atoms with Crippen LogP contribution in [-0.4, -0.2) is 36.5 Å². The van der Waals surface area contributed by atoms with E-state index in [1.807, 2.05) is 40.0 Å². The Morgan fingerprint density at radius 2 is 1.84 bits per heavy atom. The maximum absolute atomic E-state index is 14.0. The quantitative estimate of drug-likeness (QED) is 0.102. The van der Waals surface area contributed by atoms with Gasteiger partial charge in [-0.1, -0.05) is 46.3 Å². The molecule has 0 saturated heterocycles. The average Bonchev–Trinajstić information content (AvgIpc) is 2.91. The minimum atomic E-state index is -2.87. The molecule has 4 nitrogen and oxygen atoms in total. The summed E-state index contributed by atoms with van der Waals surface area (Å²) in [4.78, 5) is 19.8. The number of hydrogen-bond acceptors (Lipinski definition) is 3. The van der Waals surface area contributed by atoms with E-state index in [0.717, 1.165) is 29.7 Å². The Bertz CT molecular complexity index is 1030. The molecule has 0 spiro atoms. The van der Waals surface area contributed by atoms with Crippen molar-refractivity contribution in [2.45, 2.75) is 93.9 Å². The van der Waals surface area contributed by atoms with Gasteiger partial charge in [0.15, 0.2) is 5.76 Å². The lowest BCUT2D eigenvalue weighted by Crippen LogP contribution is -2.38. The predicted molar refractivity (Wildman–Crippen MR) is 152 cm³/mol. The Labute approximate surface area is 227 Å². The molecule has 1 atom stereocenters. The second-order valence-electron chi connectivity index (χ2n) is 9.72. The molecule has 7 heteroatoms. The molecule has 0 saturated carbocycles. The number of carbonyl (C=O) groups is 1. The first-order valence-corrected chi connectivity index (χ1v) is 13.6. The van der Waals surface area contributed by atoms with Gasteiger partial charge in [-0.2, -0.15) is 0 Å². The molecule has 0 N–H and O–H groups in total. The third kappa shape index (κ3) is 10.1. The van der Waals surface area contributed by atoms with Crippen LogP contribution in [-0.2, 0) is 9.53 Å². The van der Waals surface area contributed by atoms with Gasteiger partial charge in [-0.15, -0.1) is 0 Å². The predicted octanol–water partition coefficient (Wildman–Crippen LogP) is 9.01. The first-order chi connectivity index (χ1) is 18.0. The number of hydrogen-bond donors (Lipinski definition) is 0. The van der Waals surface area contributed by atoms with Crippen LogP contribution in [0.4, 0.5) is 13.2 Å². The van der Waals surface area contributed by atoms with Crippen molar-refractivity contribution in [1.29, 1.82) is 0 Å². The smallest absolute Gasteiger partial charge is 0.290 e. The molecule has 0 aliphatic carbocycles. The lowest BCUT2D eigenvalue weighted by atomic mass is 10.0. The summed E-state index contributed by atoms with van der Waals surface area (Å²) in [6, 6.07) is 0. The zero-order valence-corrected chi connectivity index (χ0v) is 24.3. The molecule has 1 amide bonds. The number of halogens is 3. The average molecular weight is 535 g/mol. The molecule has 212 valence electrons. The summed E-state index contributed by atoms with van der Waals surface area (Å²) in [7, 11) is 0. The molecule has 0 fully saturated rings. The number of nitrogens with zero attached hydrogens (tertiary/aromatic N) is 2. The Kier molecular flexibility index (Phi) is 14.8. The third-order valence-electron chi connectivity index (χ3n) is 6.71. The van der Waals surface area contributed by atoms with Crippen molar-refractivity contribution >= 4 is 12.1 Å². The number of carbonyl (C=O) groups excluding carboxylic acids is 1. The fourth-order valence-electron chi connectivity index (χ4n) is 3.59. The van der Waals surface area contributed by atoms with Gasteiger partial charge in [0.05, 0.1) is 12.2 Å². The van der Waals surface area contributed by atoms with Gasteiger partial charge in [-0.05, 0) is 82.6 Å². The van der Waals surface area contributed by atoms with Crippen molar-refractivity contribution in [2.24, 2.45) is 10.9 Å². The van der Waals surface area contributed by atoms with E-state index in [4.69, 9.17) is 4.74 Å². The first kappa shape index (κ1) is 33.2. The van der Waals surface area contributed by atoms with Crippen molar-refractivity contribution < 1.29 is 22.7 Å². The number of rotatable bonds is 13. The highest BCUT2D eigenvalue weighted by molar-refractivity contribution is 5.93. The van der Waals surface area contributed by atoms with E-state index >= 15 is 0 Å². The zero-order valence-electron chi connectivity index (χ0n) is 24.3. The topological polar surface area (TPSA) is 41.9 Å². The van der Waals surface area contributed by atoms with Gasteiger partial charge < -0.3 is 9.64 Å². The number of allylic oxidation sites excluding steroid dienone is 7. The zero-order chi connectivity index (χ0) is 28.8. The van der Waals surface area contributed by atoms with Gasteiger partial charge in [-0.3, -0.25) is 9.79 Å². The van der Waals surface area contributed by atoms with Crippen molar-refractivity contribution in [1.82, 2.24) is 4.90 Å². The van der Waals surface area contributed by atoms with Crippen LogP contribution in [0.2, 0.25) is 0 Å². The Morgan fingerprint density at radius 1 is 1.16 bits per heavy atom. The summed E-state index contributed by atoms with van der Waals surface area (Å²) in [5, 5.41) is 0. The van der Waals surface area contributed by atoms with Crippen LogP contribution in [0.15, 0.2) is 74.6 Å².